The second kappa shape index (κ2) is 6.07. The highest BCUT2D eigenvalue weighted by Gasteiger charge is 2.40. The summed E-state index contributed by atoms with van der Waals surface area (Å²) in [7, 11) is -3.72. The largest absolute Gasteiger partial charge is 0.298 e. The summed E-state index contributed by atoms with van der Waals surface area (Å²) < 4.78 is 27.1. The molecule has 23 heavy (non-hydrogen) atoms. The molecule has 0 radical (unpaired) electrons. The van der Waals surface area contributed by atoms with Crippen molar-refractivity contribution in [1.82, 2.24) is 4.31 Å². The van der Waals surface area contributed by atoms with Crippen LogP contribution in [0.3, 0.4) is 0 Å². The Morgan fingerprint density at radius 1 is 1.04 bits per heavy atom. The van der Waals surface area contributed by atoms with Crippen molar-refractivity contribution in [3.05, 3.63) is 64.7 Å². The van der Waals surface area contributed by atoms with E-state index in [1.54, 1.807) is 48.5 Å². The minimum absolute atomic E-state index is 0.0827. The number of carbonyl (C=O) groups excluding carboxylic acids is 1. The Kier molecular flexibility index (Phi) is 4.27. The van der Waals surface area contributed by atoms with E-state index in [0.717, 1.165) is 11.1 Å². The topological polar surface area (TPSA) is 54.5 Å². The molecule has 0 bridgehead atoms. The van der Waals surface area contributed by atoms with Crippen molar-refractivity contribution < 1.29 is 13.2 Å². The van der Waals surface area contributed by atoms with Gasteiger partial charge < -0.3 is 0 Å². The summed E-state index contributed by atoms with van der Waals surface area (Å²) in [6.45, 7) is 1.80. The van der Waals surface area contributed by atoms with Gasteiger partial charge in [-0.15, -0.1) is 0 Å². The lowest BCUT2D eigenvalue weighted by atomic mass is 10.1. The Morgan fingerprint density at radius 3 is 2.26 bits per heavy atom. The fourth-order valence-corrected chi connectivity index (χ4v) is 4.46. The van der Waals surface area contributed by atoms with Gasteiger partial charge in [0.2, 0.25) is 10.0 Å². The quantitative estimate of drug-likeness (QED) is 0.853. The number of Topliss-reactive ketones (excluding diaryl/α,β-unsaturated/α-hetero) is 1. The van der Waals surface area contributed by atoms with Gasteiger partial charge in [-0.05, 0) is 36.8 Å². The van der Waals surface area contributed by atoms with E-state index in [0.29, 0.717) is 5.02 Å². The summed E-state index contributed by atoms with van der Waals surface area (Å²) in [6.07, 6.45) is 0.187. The van der Waals surface area contributed by atoms with Gasteiger partial charge in [0, 0.05) is 11.4 Å². The first-order valence-electron chi connectivity index (χ1n) is 7.23. The van der Waals surface area contributed by atoms with Crippen molar-refractivity contribution in [3.63, 3.8) is 0 Å². The molecule has 1 fully saturated rings. The summed E-state index contributed by atoms with van der Waals surface area (Å²) in [5.74, 6) is -0.0827. The normalized spacial score (nSPS) is 19.2. The van der Waals surface area contributed by atoms with Crippen molar-refractivity contribution in [2.75, 3.05) is 6.54 Å². The summed E-state index contributed by atoms with van der Waals surface area (Å²) >= 11 is 5.89. The molecule has 0 aromatic heterocycles. The van der Waals surface area contributed by atoms with Crippen LogP contribution in [0.15, 0.2) is 53.4 Å². The molecule has 4 nitrogen and oxygen atoms in total. The Balaban J connectivity index is 2.00. The number of halogens is 1. The van der Waals surface area contributed by atoms with Gasteiger partial charge in [-0.25, -0.2) is 8.42 Å². The highest BCUT2D eigenvalue weighted by atomic mass is 35.5. The van der Waals surface area contributed by atoms with E-state index in [1.165, 1.54) is 4.31 Å². The second-order valence-corrected chi connectivity index (χ2v) is 8.00. The molecule has 1 heterocycles. The summed E-state index contributed by atoms with van der Waals surface area (Å²) in [5.41, 5.74) is 1.76. The Bertz CT molecular complexity index is 829. The van der Waals surface area contributed by atoms with E-state index < -0.39 is 16.1 Å². The van der Waals surface area contributed by atoms with Crippen molar-refractivity contribution in [2.24, 2.45) is 0 Å². The third-order valence-electron chi connectivity index (χ3n) is 3.98. The number of rotatable bonds is 3. The third kappa shape index (κ3) is 3.17. The van der Waals surface area contributed by atoms with Gasteiger partial charge in [-0.2, -0.15) is 4.31 Å². The fourth-order valence-electron chi connectivity index (χ4n) is 2.73. The lowest BCUT2D eigenvalue weighted by molar-refractivity contribution is -0.116. The lowest BCUT2D eigenvalue weighted by Crippen LogP contribution is -2.31. The van der Waals surface area contributed by atoms with Crippen LogP contribution < -0.4 is 0 Å². The number of aryl methyl sites for hydroxylation is 1. The van der Waals surface area contributed by atoms with Gasteiger partial charge in [0.15, 0.2) is 0 Å². The van der Waals surface area contributed by atoms with Crippen LogP contribution in [0.25, 0.3) is 0 Å². The molecule has 0 N–H and O–H groups in total. The van der Waals surface area contributed by atoms with Crippen LogP contribution in [-0.2, 0) is 14.8 Å². The molecule has 2 aromatic carbocycles. The van der Waals surface area contributed by atoms with Crippen molar-refractivity contribution in [1.29, 1.82) is 0 Å². The average molecular weight is 350 g/mol. The van der Waals surface area contributed by atoms with Crippen LogP contribution in [-0.4, -0.2) is 25.1 Å². The van der Waals surface area contributed by atoms with Crippen molar-refractivity contribution >= 4 is 27.4 Å². The van der Waals surface area contributed by atoms with Crippen LogP contribution in [0.5, 0.6) is 0 Å². The number of benzene rings is 2. The van der Waals surface area contributed by atoms with E-state index in [1.807, 2.05) is 6.92 Å². The third-order valence-corrected chi connectivity index (χ3v) is 6.10. The van der Waals surface area contributed by atoms with Gasteiger partial charge in [-0.3, -0.25) is 4.79 Å². The zero-order chi connectivity index (χ0) is 16.6. The molecule has 3 rings (SSSR count). The molecule has 0 spiro atoms. The van der Waals surface area contributed by atoms with E-state index in [-0.39, 0.29) is 23.6 Å². The maximum Gasteiger partial charge on any atom is 0.244 e. The first kappa shape index (κ1) is 16.2. The first-order chi connectivity index (χ1) is 10.9. The van der Waals surface area contributed by atoms with Gasteiger partial charge in [0.25, 0.3) is 0 Å². The van der Waals surface area contributed by atoms with Crippen LogP contribution >= 0.6 is 11.6 Å². The minimum Gasteiger partial charge on any atom is -0.298 e. The number of sulfonamides is 1. The predicted octanol–water partition coefficient (Wildman–Crippen LogP) is 3.35. The molecule has 0 amide bonds. The highest BCUT2D eigenvalue weighted by Crippen LogP contribution is 2.35. The number of hydrogen-bond acceptors (Lipinski definition) is 3. The van der Waals surface area contributed by atoms with Crippen LogP contribution in [0.2, 0.25) is 5.02 Å². The number of ketones is 1. The summed E-state index contributed by atoms with van der Waals surface area (Å²) in [4.78, 5) is 12.1. The molecule has 1 saturated heterocycles. The Morgan fingerprint density at radius 2 is 1.65 bits per heavy atom. The molecule has 6 heteroatoms. The molecule has 1 atom stereocenters. The molecular weight excluding hydrogens is 334 g/mol. The SMILES string of the molecule is Cc1ccc(S(=O)(=O)N2CC(=O)CC2c2ccc(Cl)cc2)cc1. The highest BCUT2D eigenvalue weighted by molar-refractivity contribution is 7.89. The predicted molar refractivity (Wildman–Crippen MR) is 88.9 cm³/mol. The molecule has 0 aliphatic carbocycles. The number of nitrogens with zero attached hydrogens (tertiary/aromatic N) is 1. The maximum absolute atomic E-state index is 12.9. The molecule has 1 aliphatic rings. The van der Waals surface area contributed by atoms with Gasteiger partial charge in [-0.1, -0.05) is 41.4 Å². The second-order valence-electron chi connectivity index (χ2n) is 5.67. The number of carbonyl (C=O) groups is 1. The Hall–Kier alpha value is -1.69. The van der Waals surface area contributed by atoms with Gasteiger partial charge >= 0.3 is 0 Å². The zero-order valence-electron chi connectivity index (χ0n) is 12.6. The molecule has 1 aliphatic heterocycles. The van der Waals surface area contributed by atoms with E-state index >= 15 is 0 Å². The zero-order valence-corrected chi connectivity index (χ0v) is 14.1. The van der Waals surface area contributed by atoms with Gasteiger partial charge in [0.05, 0.1) is 17.5 Å². The molecular formula is C17H16ClNO3S. The first-order valence-corrected chi connectivity index (χ1v) is 9.05. The van der Waals surface area contributed by atoms with E-state index in [4.69, 9.17) is 11.6 Å². The standard InChI is InChI=1S/C17H16ClNO3S/c1-12-2-8-16(9-3-12)23(21,22)19-11-15(20)10-17(19)13-4-6-14(18)7-5-13/h2-9,17H,10-11H2,1H3. The van der Waals surface area contributed by atoms with Gasteiger partial charge in [0.1, 0.15) is 5.78 Å². The van der Waals surface area contributed by atoms with Crippen molar-refractivity contribution in [3.8, 4) is 0 Å². The monoisotopic (exact) mass is 349 g/mol. The maximum atomic E-state index is 12.9. The molecule has 0 saturated carbocycles. The van der Waals surface area contributed by atoms with Crippen LogP contribution in [0, 0.1) is 6.92 Å². The molecule has 2 aromatic rings. The Labute approximate surface area is 140 Å². The smallest absolute Gasteiger partial charge is 0.244 e. The van der Waals surface area contributed by atoms with Crippen LogP contribution in [0.4, 0.5) is 0 Å². The summed E-state index contributed by atoms with van der Waals surface area (Å²) in [5, 5.41) is 0.575. The van der Waals surface area contributed by atoms with E-state index in [2.05, 4.69) is 0 Å². The average Bonchev–Trinajstić information content (AvgIpc) is 2.91. The molecule has 1 unspecified atom stereocenters. The fraction of sp³-hybridized carbons (Fsp3) is 0.235. The lowest BCUT2D eigenvalue weighted by Gasteiger charge is -2.23. The van der Waals surface area contributed by atoms with Crippen molar-refractivity contribution in [2.45, 2.75) is 24.3 Å². The molecule has 120 valence electrons. The van der Waals surface area contributed by atoms with E-state index in [9.17, 15) is 13.2 Å². The van der Waals surface area contributed by atoms with Crippen LogP contribution in [0.1, 0.15) is 23.6 Å². The minimum atomic E-state index is -3.72. The summed E-state index contributed by atoms with van der Waals surface area (Å²) in [6, 6.07) is 13.1. The number of hydrogen-bond donors (Lipinski definition) is 0.